The minimum Gasteiger partial charge on any atom is -0.493 e. The minimum absolute atomic E-state index is 0.0600. The summed E-state index contributed by atoms with van der Waals surface area (Å²) in [7, 11) is 4.65. The Bertz CT molecular complexity index is 1470. The first kappa shape index (κ1) is 29.2. The zero-order valence-electron chi connectivity index (χ0n) is 24.7. The van der Waals surface area contributed by atoms with Gasteiger partial charge in [-0.3, -0.25) is 9.59 Å². The number of allylic oxidation sites excluding steroid dienone is 3. The number of nitrogens with one attached hydrogen (secondary N) is 1. The van der Waals surface area contributed by atoms with Crippen LogP contribution in [0.15, 0.2) is 58.9 Å². The molecule has 0 spiro atoms. The Balaban J connectivity index is 1.57. The second kappa shape index (κ2) is 12.3. The lowest BCUT2D eigenvalue weighted by Crippen LogP contribution is -2.36. The third-order valence-corrected chi connectivity index (χ3v) is 8.28. The van der Waals surface area contributed by atoms with E-state index in [1.54, 1.807) is 32.4 Å². The molecule has 1 saturated carbocycles. The van der Waals surface area contributed by atoms with Gasteiger partial charge in [0.2, 0.25) is 0 Å². The van der Waals surface area contributed by atoms with Gasteiger partial charge in [0.15, 0.2) is 28.8 Å². The summed E-state index contributed by atoms with van der Waals surface area (Å²) >= 11 is 0. The lowest BCUT2D eigenvalue weighted by molar-refractivity contribution is -0.144. The Morgan fingerprint density at radius 2 is 1.45 bits per heavy atom. The van der Waals surface area contributed by atoms with Crippen molar-refractivity contribution in [3.63, 3.8) is 0 Å². The van der Waals surface area contributed by atoms with Crippen LogP contribution in [0.25, 0.3) is 0 Å². The molecule has 0 bridgehead atoms. The highest BCUT2D eigenvalue weighted by molar-refractivity contribution is 6.04. The molecule has 9 nitrogen and oxygen atoms in total. The van der Waals surface area contributed by atoms with Crippen molar-refractivity contribution in [3.8, 4) is 23.0 Å². The van der Waals surface area contributed by atoms with Crippen LogP contribution in [-0.2, 0) is 19.1 Å². The second-order valence-corrected chi connectivity index (χ2v) is 10.9. The zero-order chi connectivity index (χ0) is 30.0. The molecule has 5 rings (SSSR count). The van der Waals surface area contributed by atoms with Gasteiger partial charge in [-0.25, -0.2) is 4.79 Å². The maximum Gasteiger partial charge on any atom is 0.337 e. The van der Waals surface area contributed by atoms with Gasteiger partial charge in [0.05, 0.1) is 26.9 Å². The molecule has 1 heterocycles. The number of esters is 2. The fourth-order valence-corrected chi connectivity index (χ4v) is 6.31. The average molecular weight is 576 g/mol. The Hall–Kier alpha value is -4.27. The summed E-state index contributed by atoms with van der Waals surface area (Å²) in [5.41, 5.74) is 4.00. The number of hydrogen-bond acceptors (Lipinski definition) is 9. The van der Waals surface area contributed by atoms with E-state index in [0.717, 1.165) is 36.9 Å². The van der Waals surface area contributed by atoms with Gasteiger partial charge in [-0.1, -0.05) is 12.1 Å². The molecule has 0 aromatic heterocycles. The number of Topliss-reactive ketones (excluding diaryl/α,β-unsaturated/α-hetero) is 1. The largest absolute Gasteiger partial charge is 0.493 e. The lowest BCUT2D eigenvalue weighted by atomic mass is 9.71. The first-order valence-corrected chi connectivity index (χ1v) is 14.3. The van der Waals surface area contributed by atoms with E-state index >= 15 is 0 Å². The number of carbonyl (C=O) groups excluding carboxylic acids is 3. The molecular weight excluding hydrogens is 538 g/mol. The Labute approximate surface area is 245 Å². The molecule has 0 radical (unpaired) electrons. The average Bonchev–Trinajstić information content (AvgIpc) is 3.48. The molecule has 0 amide bonds. The quantitative estimate of drug-likeness (QED) is 0.323. The molecule has 2 atom stereocenters. The number of methoxy groups -OCH3 is 3. The van der Waals surface area contributed by atoms with E-state index in [1.807, 2.05) is 25.1 Å². The van der Waals surface area contributed by atoms with Crippen molar-refractivity contribution >= 4 is 17.7 Å². The van der Waals surface area contributed by atoms with Gasteiger partial charge in [-0.2, -0.15) is 0 Å². The van der Waals surface area contributed by atoms with Gasteiger partial charge in [0.1, 0.15) is 6.10 Å². The fraction of sp³-hybridized carbons (Fsp3) is 0.424. The van der Waals surface area contributed by atoms with E-state index in [4.69, 9.17) is 23.7 Å². The van der Waals surface area contributed by atoms with E-state index < -0.39 is 17.9 Å². The van der Waals surface area contributed by atoms with Crippen LogP contribution in [0, 0.1) is 0 Å². The molecule has 1 fully saturated rings. The van der Waals surface area contributed by atoms with E-state index in [9.17, 15) is 14.4 Å². The maximum absolute atomic E-state index is 14.0. The van der Waals surface area contributed by atoms with Crippen LogP contribution in [0.3, 0.4) is 0 Å². The third kappa shape index (κ3) is 5.73. The highest BCUT2D eigenvalue weighted by Crippen LogP contribution is 2.48. The topological polar surface area (TPSA) is 109 Å². The number of ether oxygens (including phenoxy) is 5. The Morgan fingerprint density at radius 1 is 0.833 bits per heavy atom. The smallest absolute Gasteiger partial charge is 0.337 e. The normalized spacial score (nSPS) is 20.5. The van der Waals surface area contributed by atoms with E-state index in [2.05, 4.69) is 5.32 Å². The SMILES string of the molecule is COc1ccc([C@H]2CC(=O)C3=C(C2)NC(C)=C(C(=O)OC2CCCC2)[C@H]3c2ccc(OC(C)=O)c(OC)c2)cc1OC. The predicted molar refractivity (Wildman–Crippen MR) is 155 cm³/mol. The second-order valence-electron chi connectivity index (χ2n) is 10.9. The molecule has 222 valence electrons. The maximum atomic E-state index is 14.0. The van der Waals surface area contributed by atoms with Crippen molar-refractivity contribution < 1.29 is 38.1 Å². The predicted octanol–water partition coefficient (Wildman–Crippen LogP) is 5.49. The summed E-state index contributed by atoms with van der Waals surface area (Å²) in [6.45, 7) is 3.16. The van der Waals surface area contributed by atoms with Crippen molar-refractivity contribution in [1.29, 1.82) is 0 Å². The van der Waals surface area contributed by atoms with Crippen LogP contribution in [0.1, 0.15) is 75.3 Å². The standard InChI is InChI=1S/C33H37NO8/c1-18-30(33(37)42-23-8-6-7-9-23)31(21-11-13-27(41-19(2)35)29(17-21)40-5)32-24(34-18)14-22(15-25(32)36)20-10-12-26(38-3)28(16-20)39-4/h10-13,16-17,22-23,31,34H,6-9,14-15H2,1-5H3/t22-,31-/m1/s1. The number of ketones is 1. The first-order valence-electron chi connectivity index (χ1n) is 14.3. The van der Waals surface area contributed by atoms with E-state index in [0.29, 0.717) is 46.1 Å². The molecule has 0 unspecified atom stereocenters. The van der Waals surface area contributed by atoms with Gasteiger partial charge in [0.25, 0.3) is 0 Å². The van der Waals surface area contributed by atoms with Crippen molar-refractivity contribution in [2.24, 2.45) is 0 Å². The Morgan fingerprint density at radius 3 is 2.12 bits per heavy atom. The van der Waals surface area contributed by atoms with Gasteiger partial charge in [-0.15, -0.1) is 0 Å². The summed E-state index contributed by atoms with van der Waals surface area (Å²) in [4.78, 5) is 39.4. The molecule has 1 N–H and O–H groups in total. The van der Waals surface area contributed by atoms with Crippen molar-refractivity contribution in [1.82, 2.24) is 5.32 Å². The van der Waals surface area contributed by atoms with E-state index in [-0.39, 0.29) is 30.0 Å². The van der Waals surface area contributed by atoms with Gasteiger partial charge in [0, 0.05) is 36.2 Å². The highest BCUT2D eigenvalue weighted by atomic mass is 16.6. The van der Waals surface area contributed by atoms with Crippen LogP contribution in [0.4, 0.5) is 0 Å². The van der Waals surface area contributed by atoms with Gasteiger partial charge >= 0.3 is 11.9 Å². The molecule has 2 aromatic rings. The third-order valence-electron chi connectivity index (χ3n) is 8.28. The molecule has 0 saturated heterocycles. The zero-order valence-corrected chi connectivity index (χ0v) is 24.7. The number of benzene rings is 2. The summed E-state index contributed by atoms with van der Waals surface area (Å²) in [6, 6.07) is 10.8. The summed E-state index contributed by atoms with van der Waals surface area (Å²) in [6.07, 6.45) is 4.42. The fourth-order valence-electron chi connectivity index (χ4n) is 6.31. The molecule has 2 aliphatic carbocycles. The highest BCUT2D eigenvalue weighted by Gasteiger charge is 2.42. The number of carbonyl (C=O) groups is 3. The number of hydrogen-bond donors (Lipinski definition) is 1. The number of dihydropyridines is 1. The van der Waals surface area contributed by atoms with Gasteiger partial charge in [-0.05, 0) is 80.3 Å². The van der Waals surface area contributed by atoms with Crippen LogP contribution in [0.2, 0.25) is 0 Å². The summed E-state index contributed by atoms with van der Waals surface area (Å²) in [5, 5.41) is 3.40. The summed E-state index contributed by atoms with van der Waals surface area (Å²) < 4.78 is 27.7. The first-order chi connectivity index (χ1) is 20.2. The molecular formula is C33H37NO8. The van der Waals surface area contributed by atoms with Gasteiger partial charge < -0.3 is 29.0 Å². The molecule has 3 aliphatic rings. The van der Waals surface area contributed by atoms with Crippen LogP contribution in [0.5, 0.6) is 23.0 Å². The van der Waals surface area contributed by atoms with E-state index in [1.165, 1.54) is 14.0 Å². The number of rotatable bonds is 8. The molecule has 9 heteroatoms. The van der Waals surface area contributed by atoms with Crippen LogP contribution in [-0.4, -0.2) is 45.2 Å². The lowest BCUT2D eigenvalue weighted by Gasteiger charge is -2.37. The van der Waals surface area contributed by atoms with Crippen LogP contribution < -0.4 is 24.3 Å². The minimum atomic E-state index is -0.672. The van der Waals surface area contributed by atoms with Crippen molar-refractivity contribution in [2.75, 3.05) is 21.3 Å². The monoisotopic (exact) mass is 575 g/mol. The molecule has 42 heavy (non-hydrogen) atoms. The Kier molecular flexibility index (Phi) is 8.56. The molecule has 1 aliphatic heterocycles. The van der Waals surface area contributed by atoms with Crippen molar-refractivity contribution in [3.05, 3.63) is 70.1 Å². The molecule has 2 aromatic carbocycles. The van der Waals surface area contributed by atoms with Crippen LogP contribution >= 0.6 is 0 Å². The van der Waals surface area contributed by atoms with Crippen molar-refractivity contribution in [2.45, 2.75) is 70.3 Å². The summed E-state index contributed by atoms with van der Waals surface area (Å²) in [5.74, 6) is 0.0789.